The van der Waals surface area contributed by atoms with Gasteiger partial charge in [-0.3, -0.25) is 4.90 Å². The Morgan fingerprint density at radius 2 is 1.82 bits per heavy atom. The highest BCUT2D eigenvalue weighted by Gasteiger charge is 2.37. The molecule has 2 nitrogen and oxygen atoms in total. The molecule has 2 atom stereocenters. The second-order valence-electron chi connectivity index (χ2n) is 4.49. The highest BCUT2D eigenvalue weighted by molar-refractivity contribution is 5.23. The van der Waals surface area contributed by atoms with Gasteiger partial charge >= 0.3 is 6.18 Å². The number of hydrogen-bond donors (Lipinski definition) is 1. The van der Waals surface area contributed by atoms with Crippen molar-refractivity contribution in [1.29, 1.82) is 0 Å². The van der Waals surface area contributed by atoms with Crippen LogP contribution in [0.3, 0.4) is 0 Å². The van der Waals surface area contributed by atoms with Crippen molar-refractivity contribution in [3.8, 4) is 0 Å². The normalized spacial score (nSPS) is 26.4. The lowest BCUT2D eigenvalue weighted by molar-refractivity contribution is -0.143. The molecule has 1 aromatic carbocycles. The first-order valence-electron chi connectivity index (χ1n) is 5.55. The topological polar surface area (TPSA) is 29.3 Å². The van der Waals surface area contributed by atoms with Gasteiger partial charge in [-0.1, -0.05) is 30.3 Å². The fourth-order valence-electron chi connectivity index (χ4n) is 2.35. The highest BCUT2D eigenvalue weighted by Crippen LogP contribution is 2.28. The monoisotopic (exact) mass is 244 g/mol. The van der Waals surface area contributed by atoms with Crippen LogP contribution in [0.2, 0.25) is 0 Å². The van der Waals surface area contributed by atoms with E-state index in [0.717, 1.165) is 5.56 Å². The minimum Gasteiger partial charge on any atom is -0.326 e. The van der Waals surface area contributed by atoms with Crippen molar-refractivity contribution < 1.29 is 13.2 Å². The van der Waals surface area contributed by atoms with Crippen molar-refractivity contribution in [2.75, 3.05) is 19.6 Å². The van der Waals surface area contributed by atoms with Crippen LogP contribution in [-0.2, 0) is 0 Å². The number of nitrogens with two attached hydrogens (primary N) is 1. The van der Waals surface area contributed by atoms with Gasteiger partial charge in [-0.2, -0.15) is 13.2 Å². The maximum atomic E-state index is 12.3. The molecule has 0 aromatic heterocycles. The van der Waals surface area contributed by atoms with Crippen LogP contribution in [0.4, 0.5) is 13.2 Å². The van der Waals surface area contributed by atoms with Crippen molar-refractivity contribution >= 4 is 0 Å². The van der Waals surface area contributed by atoms with Crippen molar-refractivity contribution in [1.82, 2.24) is 4.90 Å². The van der Waals surface area contributed by atoms with Crippen LogP contribution in [0, 0.1) is 0 Å². The second kappa shape index (κ2) is 4.66. The predicted octanol–water partition coefficient (Wildman–Crippen LogP) is 1.98. The van der Waals surface area contributed by atoms with Crippen molar-refractivity contribution in [3.63, 3.8) is 0 Å². The SMILES string of the molecule is N[C@@H]1CN(CC(F)(F)F)C[C@H]1c1ccccc1. The fraction of sp³-hybridized carbons (Fsp3) is 0.500. The molecule has 0 bridgehead atoms. The summed E-state index contributed by atoms with van der Waals surface area (Å²) in [5.41, 5.74) is 6.93. The third-order valence-electron chi connectivity index (χ3n) is 3.07. The maximum Gasteiger partial charge on any atom is 0.401 e. The first kappa shape index (κ1) is 12.4. The summed E-state index contributed by atoms with van der Waals surface area (Å²) in [6.45, 7) is -0.187. The summed E-state index contributed by atoms with van der Waals surface area (Å²) in [6, 6.07) is 9.27. The molecule has 94 valence electrons. The van der Waals surface area contributed by atoms with E-state index in [1.165, 1.54) is 4.90 Å². The molecule has 1 fully saturated rings. The van der Waals surface area contributed by atoms with Crippen molar-refractivity contribution in [2.24, 2.45) is 5.73 Å². The Morgan fingerprint density at radius 1 is 1.18 bits per heavy atom. The Labute approximate surface area is 98.2 Å². The van der Waals surface area contributed by atoms with Crippen molar-refractivity contribution in [2.45, 2.75) is 18.1 Å². The zero-order chi connectivity index (χ0) is 12.5. The van der Waals surface area contributed by atoms with E-state index < -0.39 is 12.7 Å². The predicted molar refractivity (Wildman–Crippen MR) is 59.7 cm³/mol. The molecule has 0 radical (unpaired) electrons. The van der Waals surface area contributed by atoms with E-state index in [4.69, 9.17) is 5.73 Å². The molecule has 5 heteroatoms. The summed E-state index contributed by atoms with van der Waals surface area (Å²) in [5, 5.41) is 0. The number of alkyl halides is 3. The molecule has 0 unspecified atom stereocenters. The summed E-state index contributed by atoms with van der Waals surface area (Å²) in [5.74, 6) is -0.00134. The first-order chi connectivity index (χ1) is 7.96. The van der Waals surface area contributed by atoms with E-state index >= 15 is 0 Å². The van der Waals surface area contributed by atoms with E-state index in [0.29, 0.717) is 13.1 Å². The lowest BCUT2D eigenvalue weighted by Crippen LogP contribution is -2.34. The molecule has 1 saturated heterocycles. The van der Waals surface area contributed by atoms with Gasteiger partial charge in [0.25, 0.3) is 0 Å². The van der Waals surface area contributed by atoms with Gasteiger partial charge in [-0.15, -0.1) is 0 Å². The van der Waals surface area contributed by atoms with E-state index in [9.17, 15) is 13.2 Å². The van der Waals surface area contributed by atoms with Gasteiger partial charge in [0.05, 0.1) is 6.54 Å². The van der Waals surface area contributed by atoms with E-state index in [2.05, 4.69) is 0 Å². The number of likely N-dealkylation sites (tertiary alicyclic amines) is 1. The summed E-state index contributed by atoms with van der Waals surface area (Å²) in [4.78, 5) is 1.38. The smallest absolute Gasteiger partial charge is 0.326 e. The third-order valence-corrected chi connectivity index (χ3v) is 3.07. The molecule has 1 heterocycles. The fourth-order valence-corrected chi connectivity index (χ4v) is 2.35. The Balaban J connectivity index is 2.03. The molecule has 2 rings (SSSR count). The molecule has 1 aliphatic heterocycles. The van der Waals surface area contributed by atoms with E-state index in [1.807, 2.05) is 30.3 Å². The Kier molecular flexibility index (Phi) is 3.40. The molecule has 17 heavy (non-hydrogen) atoms. The van der Waals surface area contributed by atoms with Gasteiger partial charge < -0.3 is 5.73 Å². The third kappa shape index (κ3) is 3.20. The summed E-state index contributed by atoms with van der Waals surface area (Å²) >= 11 is 0. The van der Waals surface area contributed by atoms with Crippen LogP contribution in [0.5, 0.6) is 0 Å². The lowest BCUT2D eigenvalue weighted by atomic mass is 9.95. The van der Waals surface area contributed by atoms with Gasteiger partial charge in [-0.25, -0.2) is 0 Å². The zero-order valence-corrected chi connectivity index (χ0v) is 9.32. The van der Waals surface area contributed by atoms with Crippen molar-refractivity contribution in [3.05, 3.63) is 35.9 Å². The van der Waals surface area contributed by atoms with Gasteiger partial charge in [0, 0.05) is 25.0 Å². The molecule has 1 aliphatic rings. The van der Waals surface area contributed by atoms with Crippen LogP contribution >= 0.6 is 0 Å². The zero-order valence-electron chi connectivity index (χ0n) is 9.32. The van der Waals surface area contributed by atoms with Gasteiger partial charge in [0.1, 0.15) is 0 Å². The Hall–Kier alpha value is -1.07. The highest BCUT2D eigenvalue weighted by atomic mass is 19.4. The first-order valence-corrected chi connectivity index (χ1v) is 5.55. The average molecular weight is 244 g/mol. The Morgan fingerprint density at radius 3 is 2.41 bits per heavy atom. The van der Waals surface area contributed by atoms with Crippen LogP contribution < -0.4 is 5.73 Å². The summed E-state index contributed by atoms with van der Waals surface area (Å²) < 4.78 is 36.8. The maximum absolute atomic E-state index is 12.3. The number of hydrogen-bond acceptors (Lipinski definition) is 2. The number of halogens is 3. The van der Waals surface area contributed by atoms with Gasteiger partial charge in [-0.05, 0) is 5.56 Å². The quantitative estimate of drug-likeness (QED) is 0.862. The van der Waals surface area contributed by atoms with E-state index in [1.54, 1.807) is 0 Å². The molecule has 0 spiro atoms. The van der Waals surface area contributed by atoms with Crippen LogP contribution in [0.1, 0.15) is 11.5 Å². The molecule has 0 aliphatic carbocycles. The van der Waals surface area contributed by atoms with Crippen LogP contribution in [-0.4, -0.2) is 36.8 Å². The molecular weight excluding hydrogens is 229 g/mol. The molecule has 0 amide bonds. The minimum absolute atomic E-state index is 0.00134. The van der Waals surface area contributed by atoms with Crippen LogP contribution in [0.25, 0.3) is 0 Å². The number of benzene rings is 1. The molecule has 1 aromatic rings. The molecular formula is C12H15F3N2. The molecule has 2 N–H and O–H groups in total. The van der Waals surface area contributed by atoms with Crippen LogP contribution in [0.15, 0.2) is 30.3 Å². The molecule has 0 saturated carbocycles. The average Bonchev–Trinajstić information content (AvgIpc) is 2.58. The summed E-state index contributed by atoms with van der Waals surface area (Å²) in [6.07, 6.45) is -4.15. The second-order valence-corrected chi connectivity index (χ2v) is 4.49. The number of nitrogens with zero attached hydrogens (tertiary/aromatic N) is 1. The van der Waals surface area contributed by atoms with Gasteiger partial charge in [0.15, 0.2) is 0 Å². The minimum atomic E-state index is -4.15. The number of rotatable bonds is 2. The lowest BCUT2D eigenvalue weighted by Gasteiger charge is -2.17. The summed E-state index contributed by atoms with van der Waals surface area (Å²) in [7, 11) is 0. The largest absolute Gasteiger partial charge is 0.401 e. The standard InChI is InChI=1S/C12H15F3N2/c13-12(14,15)8-17-6-10(11(16)7-17)9-4-2-1-3-5-9/h1-5,10-11H,6-8,16H2/t10-,11+/m0/s1. The Bertz CT molecular complexity index is 364. The van der Waals surface area contributed by atoms with E-state index in [-0.39, 0.29) is 12.0 Å². The van der Waals surface area contributed by atoms with Gasteiger partial charge in [0.2, 0.25) is 0 Å².